The third-order valence-electron chi connectivity index (χ3n) is 5.11. The lowest BCUT2D eigenvalue weighted by molar-refractivity contribution is 0.124. The number of hydrogen-bond donors (Lipinski definition) is 2. The number of imidazole rings is 1. The second-order valence-corrected chi connectivity index (χ2v) is 6.59. The molecule has 6 nitrogen and oxygen atoms in total. The summed E-state index contributed by atoms with van der Waals surface area (Å²) >= 11 is 0. The van der Waals surface area contributed by atoms with Gasteiger partial charge < -0.3 is 10.3 Å². The summed E-state index contributed by atoms with van der Waals surface area (Å²) in [6.45, 7) is 2.39. The van der Waals surface area contributed by atoms with Gasteiger partial charge in [-0.25, -0.2) is 15.0 Å². The topological polar surface area (TPSA) is 69.7 Å². The Morgan fingerprint density at radius 2 is 1.95 bits per heavy atom. The fraction of sp³-hybridized carbons (Fsp3) is 0.688. The molecular weight excluding hydrogens is 276 g/mol. The SMILES string of the molecule is c1nc(NC2CCCN(C3CCCCC3)C2)c2[nH]cnc2n1. The van der Waals surface area contributed by atoms with E-state index in [4.69, 9.17) is 0 Å². The number of likely N-dealkylation sites (tertiary alicyclic amines) is 1. The smallest absolute Gasteiger partial charge is 0.182 e. The maximum Gasteiger partial charge on any atom is 0.182 e. The largest absolute Gasteiger partial charge is 0.364 e. The Hall–Kier alpha value is -1.69. The number of aromatic nitrogens is 4. The lowest BCUT2D eigenvalue weighted by Crippen LogP contribution is -2.47. The van der Waals surface area contributed by atoms with Gasteiger partial charge >= 0.3 is 0 Å². The van der Waals surface area contributed by atoms with Crippen molar-refractivity contribution in [2.24, 2.45) is 0 Å². The average Bonchev–Trinajstić information content (AvgIpc) is 3.06. The number of anilines is 1. The van der Waals surface area contributed by atoms with Crippen LogP contribution < -0.4 is 5.32 Å². The van der Waals surface area contributed by atoms with Gasteiger partial charge in [-0.05, 0) is 32.2 Å². The number of rotatable bonds is 3. The first-order valence-electron chi connectivity index (χ1n) is 8.55. The van der Waals surface area contributed by atoms with Crippen LogP contribution in [0.2, 0.25) is 0 Å². The molecule has 0 radical (unpaired) electrons. The van der Waals surface area contributed by atoms with E-state index in [1.165, 1.54) is 51.5 Å². The molecule has 6 heteroatoms. The van der Waals surface area contributed by atoms with Gasteiger partial charge in [0.25, 0.3) is 0 Å². The maximum absolute atomic E-state index is 4.40. The van der Waals surface area contributed by atoms with Crippen molar-refractivity contribution in [3.63, 3.8) is 0 Å². The first kappa shape index (κ1) is 13.9. The van der Waals surface area contributed by atoms with Crippen molar-refractivity contribution < 1.29 is 0 Å². The number of fused-ring (bicyclic) bond motifs is 1. The summed E-state index contributed by atoms with van der Waals surface area (Å²) in [6, 6.07) is 1.27. The maximum atomic E-state index is 4.40. The van der Waals surface area contributed by atoms with Crippen molar-refractivity contribution in [1.29, 1.82) is 0 Å². The highest BCUT2D eigenvalue weighted by atomic mass is 15.2. The molecule has 2 aliphatic rings. The first-order valence-corrected chi connectivity index (χ1v) is 8.55. The Morgan fingerprint density at radius 1 is 1.05 bits per heavy atom. The van der Waals surface area contributed by atoms with Crippen LogP contribution >= 0.6 is 0 Å². The number of hydrogen-bond acceptors (Lipinski definition) is 5. The van der Waals surface area contributed by atoms with E-state index < -0.39 is 0 Å². The molecule has 2 aromatic heterocycles. The lowest BCUT2D eigenvalue weighted by Gasteiger charge is -2.40. The van der Waals surface area contributed by atoms with Crippen LogP contribution in [-0.4, -0.2) is 50.0 Å². The predicted molar refractivity (Wildman–Crippen MR) is 86.8 cm³/mol. The molecule has 1 saturated carbocycles. The van der Waals surface area contributed by atoms with E-state index in [0.717, 1.165) is 29.6 Å². The van der Waals surface area contributed by atoms with Crippen molar-refractivity contribution >= 4 is 17.0 Å². The minimum atomic E-state index is 0.470. The van der Waals surface area contributed by atoms with Gasteiger partial charge in [0.15, 0.2) is 11.5 Å². The van der Waals surface area contributed by atoms with Gasteiger partial charge in [0.1, 0.15) is 11.8 Å². The van der Waals surface area contributed by atoms with Crippen LogP contribution in [0.5, 0.6) is 0 Å². The fourth-order valence-electron chi connectivity index (χ4n) is 3.97. The summed E-state index contributed by atoms with van der Waals surface area (Å²) in [4.78, 5) is 18.6. The average molecular weight is 300 g/mol. The zero-order chi connectivity index (χ0) is 14.8. The normalized spacial score (nSPS) is 24.6. The summed E-state index contributed by atoms with van der Waals surface area (Å²) < 4.78 is 0. The molecule has 2 N–H and O–H groups in total. The van der Waals surface area contributed by atoms with Gasteiger partial charge in [0.2, 0.25) is 0 Å². The molecule has 1 aliphatic carbocycles. The molecule has 22 heavy (non-hydrogen) atoms. The standard InChI is InChI=1S/C16H24N6/c1-2-6-13(7-3-1)22-8-4-5-12(9-22)21-16-14-15(18-10-17-14)19-11-20-16/h10-13H,1-9H2,(H2,17,18,19,20,21). The van der Waals surface area contributed by atoms with Gasteiger partial charge in [-0.3, -0.25) is 4.90 Å². The molecule has 4 rings (SSSR count). The predicted octanol–water partition coefficient (Wildman–Crippen LogP) is 2.56. The quantitative estimate of drug-likeness (QED) is 0.911. The van der Waals surface area contributed by atoms with Crippen molar-refractivity contribution in [1.82, 2.24) is 24.8 Å². The van der Waals surface area contributed by atoms with Gasteiger partial charge in [-0.2, -0.15) is 0 Å². The van der Waals surface area contributed by atoms with Crippen LogP contribution in [0.4, 0.5) is 5.82 Å². The summed E-state index contributed by atoms with van der Waals surface area (Å²) in [6.07, 6.45) is 12.7. The van der Waals surface area contributed by atoms with Crippen LogP contribution in [0, 0.1) is 0 Å². The molecule has 2 aromatic rings. The first-order chi connectivity index (χ1) is 10.9. The van der Waals surface area contributed by atoms with Crippen LogP contribution in [0.25, 0.3) is 11.2 Å². The molecular formula is C16H24N6. The van der Waals surface area contributed by atoms with Crippen LogP contribution in [-0.2, 0) is 0 Å². The zero-order valence-electron chi connectivity index (χ0n) is 13.0. The Kier molecular flexibility index (Phi) is 3.93. The number of nitrogens with zero attached hydrogens (tertiary/aromatic N) is 4. The summed E-state index contributed by atoms with van der Waals surface area (Å²) in [7, 11) is 0. The minimum absolute atomic E-state index is 0.470. The van der Waals surface area contributed by atoms with Crippen molar-refractivity contribution in [3.05, 3.63) is 12.7 Å². The highest BCUT2D eigenvalue weighted by Crippen LogP contribution is 2.26. The zero-order valence-corrected chi connectivity index (χ0v) is 13.0. The molecule has 1 saturated heterocycles. The minimum Gasteiger partial charge on any atom is -0.364 e. The third kappa shape index (κ3) is 2.79. The van der Waals surface area contributed by atoms with Crippen LogP contribution in [0.1, 0.15) is 44.9 Å². The summed E-state index contributed by atoms with van der Waals surface area (Å²) in [5.74, 6) is 0.887. The van der Waals surface area contributed by atoms with E-state index in [-0.39, 0.29) is 0 Å². The van der Waals surface area contributed by atoms with Crippen molar-refractivity contribution in [2.75, 3.05) is 18.4 Å². The van der Waals surface area contributed by atoms with Crippen LogP contribution in [0.15, 0.2) is 12.7 Å². The third-order valence-corrected chi connectivity index (χ3v) is 5.11. The van der Waals surface area contributed by atoms with Gasteiger partial charge in [-0.1, -0.05) is 19.3 Å². The summed E-state index contributed by atoms with van der Waals surface area (Å²) in [5.41, 5.74) is 1.65. The van der Waals surface area contributed by atoms with Gasteiger partial charge in [0, 0.05) is 18.6 Å². The Bertz CT molecular complexity index is 618. The molecule has 3 heterocycles. The molecule has 118 valence electrons. The Labute approximate surface area is 130 Å². The van der Waals surface area contributed by atoms with Gasteiger partial charge in [-0.15, -0.1) is 0 Å². The van der Waals surface area contributed by atoms with E-state index in [9.17, 15) is 0 Å². The van der Waals surface area contributed by atoms with Crippen LogP contribution in [0.3, 0.4) is 0 Å². The Morgan fingerprint density at radius 3 is 2.86 bits per heavy atom. The molecule has 2 fully saturated rings. The molecule has 0 bridgehead atoms. The van der Waals surface area contributed by atoms with E-state index in [0.29, 0.717) is 6.04 Å². The second-order valence-electron chi connectivity index (χ2n) is 6.59. The number of aromatic amines is 1. The molecule has 1 unspecified atom stereocenters. The summed E-state index contributed by atoms with van der Waals surface area (Å²) in [5, 5.41) is 3.62. The van der Waals surface area contributed by atoms with Gasteiger partial charge in [0.05, 0.1) is 6.33 Å². The lowest BCUT2D eigenvalue weighted by atomic mass is 9.92. The Balaban J connectivity index is 1.45. The van der Waals surface area contributed by atoms with Crippen molar-refractivity contribution in [2.45, 2.75) is 57.0 Å². The van der Waals surface area contributed by atoms with E-state index in [1.54, 1.807) is 12.7 Å². The number of piperidine rings is 1. The molecule has 1 atom stereocenters. The molecule has 0 aromatic carbocycles. The number of nitrogens with one attached hydrogen (secondary N) is 2. The monoisotopic (exact) mass is 300 g/mol. The highest BCUT2D eigenvalue weighted by molar-refractivity contribution is 5.82. The second kappa shape index (κ2) is 6.20. The molecule has 1 aliphatic heterocycles. The highest BCUT2D eigenvalue weighted by Gasteiger charge is 2.27. The fourth-order valence-corrected chi connectivity index (χ4v) is 3.97. The molecule has 0 spiro atoms. The van der Waals surface area contributed by atoms with Crippen molar-refractivity contribution in [3.8, 4) is 0 Å². The van der Waals surface area contributed by atoms with E-state index >= 15 is 0 Å². The van der Waals surface area contributed by atoms with E-state index in [2.05, 4.69) is 30.2 Å². The molecule has 0 amide bonds. The van der Waals surface area contributed by atoms with E-state index in [1.807, 2.05) is 0 Å². The number of H-pyrrole nitrogens is 1.